The average Bonchev–Trinajstić information content (AvgIpc) is 2.78. The summed E-state index contributed by atoms with van der Waals surface area (Å²) in [7, 11) is 0. The van der Waals surface area contributed by atoms with Crippen LogP contribution in [0.3, 0.4) is 0 Å². The molecule has 1 aliphatic carbocycles. The molecule has 3 rings (SSSR count). The number of carbonyl (C=O) groups is 3. The molecule has 2 atom stereocenters. The van der Waals surface area contributed by atoms with E-state index in [0.717, 1.165) is 38.5 Å². The zero-order valence-electron chi connectivity index (χ0n) is 17.7. The van der Waals surface area contributed by atoms with Gasteiger partial charge in [-0.1, -0.05) is 99.2 Å². The number of carbonyl (C=O) groups excluding carboxylic acids is 3. The number of benzene rings is 2. The van der Waals surface area contributed by atoms with Gasteiger partial charge in [0.25, 0.3) is 0 Å². The maximum absolute atomic E-state index is 13.4. The van der Waals surface area contributed by atoms with Gasteiger partial charge in [0.05, 0.1) is 5.92 Å². The molecule has 0 N–H and O–H groups in total. The molecule has 0 saturated heterocycles. The smallest absolute Gasteiger partial charge is 0.173 e. The van der Waals surface area contributed by atoms with Crippen LogP contribution in [0.4, 0.5) is 0 Å². The summed E-state index contributed by atoms with van der Waals surface area (Å²) in [5.41, 5.74) is 1.22. The van der Waals surface area contributed by atoms with Crippen LogP contribution in [0.15, 0.2) is 60.7 Å². The van der Waals surface area contributed by atoms with Crippen LogP contribution in [0.25, 0.3) is 0 Å². The van der Waals surface area contributed by atoms with Gasteiger partial charge < -0.3 is 0 Å². The van der Waals surface area contributed by atoms with E-state index < -0.39 is 5.92 Å². The molecular formula is C27H32O3. The predicted octanol–water partition coefficient (Wildman–Crippen LogP) is 6.47. The molecule has 1 saturated carbocycles. The lowest BCUT2D eigenvalue weighted by molar-refractivity contribution is -0.123. The zero-order chi connectivity index (χ0) is 21.2. The van der Waals surface area contributed by atoms with Crippen molar-refractivity contribution in [3.05, 3.63) is 71.8 Å². The Labute approximate surface area is 179 Å². The normalized spacial score (nSPS) is 21.3. The Bertz CT molecular complexity index is 826. The summed E-state index contributed by atoms with van der Waals surface area (Å²) in [5, 5.41) is 0. The SMILES string of the molecule is O=C(CC1CCCCCCCCCC(=O)C1C(=O)c1ccccc1)c1ccccc1. The highest BCUT2D eigenvalue weighted by Crippen LogP contribution is 2.31. The first-order chi connectivity index (χ1) is 14.7. The lowest BCUT2D eigenvalue weighted by Gasteiger charge is -2.26. The first-order valence-electron chi connectivity index (χ1n) is 11.4. The van der Waals surface area contributed by atoms with Crippen LogP contribution in [0.5, 0.6) is 0 Å². The zero-order valence-corrected chi connectivity index (χ0v) is 17.7. The second kappa shape index (κ2) is 11.6. The van der Waals surface area contributed by atoms with Crippen LogP contribution in [-0.4, -0.2) is 17.3 Å². The molecule has 0 amide bonds. The van der Waals surface area contributed by atoms with Crippen LogP contribution >= 0.6 is 0 Å². The minimum Gasteiger partial charge on any atom is -0.299 e. The number of Topliss-reactive ketones (excluding diaryl/α,β-unsaturated/α-hetero) is 3. The number of ketones is 3. The highest BCUT2D eigenvalue weighted by molar-refractivity contribution is 6.11. The van der Waals surface area contributed by atoms with Crippen molar-refractivity contribution in [3.63, 3.8) is 0 Å². The van der Waals surface area contributed by atoms with Crippen molar-refractivity contribution in [2.45, 2.75) is 64.2 Å². The molecule has 158 valence electrons. The first kappa shape index (κ1) is 22.1. The number of rotatable bonds is 5. The lowest BCUT2D eigenvalue weighted by Crippen LogP contribution is -2.33. The molecule has 2 unspecified atom stereocenters. The molecule has 30 heavy (non-hydrogen) atoms. The Morgan fingerprint density at radius 2 is 1.23 bits per heavy atom. The molecule has 0 bridgehead atoms. The second-order valence-corrected chi connectivity index (χ2v) is 8.44. The minimum absolute atomic E-state index is 0.00953. The Morgan fingerprint density at radius 1 is 0.700 bits per heavy atom. The average molecular weight is 405 g/mol. The van der Waals surface area contributed by atoms with Crippen molar-refractivity contribution in [2.24, 2.45) is 11.8 Å². The van der Waals surface area contributed by atoms with Crippen molar-refractivity contribution in [3.8, 4) is 0 Å². The molecule has 0 heterocycles. The van der Waals surface area contributed by atoms with E-state index in [2.05, 4.69) is 0 Å². The fraction of sp³-hybridized carbons (Fsp3) is 0.444. The summed E-state index contributed by atoms with van der Waals surface area (Å²) >= 11 is 0. The fourth-order valence-corrected chi connectivity index (χ4v) is 4.52. The largest absolute Gasteiger partial charge is 0.299 e. The summed E-state index contributed by atoms with van der Waals surface area (Å²) in [4.78, 5) is 39.6. The molecule has 0 aromatic heterocycles. The van der Waals surface area contributed by atoms with Crippen LogP contribution in [0.1, 0.15) is 84.9 Å². The molecular weight excluding hydrogens is 372 g/mol. The number of hydrogen-bond donors (Lipinski definition) is 0. The third-order valence-corrected chi connectivity index (χ3v) is 6.20. The van der Waals surface area contributed by atoms with Crippen LogP contribution < -0.4 is 0 Å². The molecule has 2 aromatic carbocycles. The molecule has 3 heteroatoms. The van der Waals surface area contributed by atoms with Gasteiger partial charge in [0.1, 0.15) is 5.78 Å². The first-order valence-corrected chi connectivity index (χ1v) is 11.4. The molecule has 1 fully saturated rings. The van der Waals surface area contributed by atoms with Crippen molar-refractivity contribution in [2.75, 3.05) is 0 Å². The van der Waals surface area contributed by atoms with E-state index in [-0.39, 0.29) is 29.7 Å². The summed E-state index contributed by atoms with van der Waals surface area (Å²) < 4.78 is 0. The van der Waals surface area contributed by atoms with Gasteiger partial charge in [-0.15, -0.1) is 0 Å². The summed E-state index contributed by atoms with van der Waals surface area (Å²) in [5.74, 6) is -1.05. The van der Waals surface area contributed by atoms with E-state index in [1.54, 1.807) is 12.1 Å². The van der Waals surface area contributed by atoms with Gasteiger partial charge in [0.15, 0.2) is 11.6 Å². The monoisotopic (exact) mass is 404 g/mol. The third-order valence-electron chi connectivity index (χ3n) is 6.20. The van der Waals surface area contributed by atoms with E-state index in [1.165, 1.54) is 12.8 Å². The van der Waals surface area contributed by atoms with E-state index in [1.807, 2.05) is 48.5 Å². The number of hydrogen-bond acceptors (Lipinski definition) is 3. The Balaban J connectivity index is 1.88. The maximum atomic E-state index is 13.4. The summed E-state index contributed by atoms with van der Waals surface area (Å²) in [6.07, 6.45) is 8.88. The Kier molecular flexibility index (Phi) is 8.55. The van der Waals surface area contributed by atoms with Gasteiger partial charge in [-0.25, -0.2) is 0 Å². The molecule has 0 spiro atoms. The van der Waals surface area contributed by atoms with E-state index in [9.17, 15) is 14.4 Å². The molecule has 2 aromatic rings. The minimum atomic E-state index is -0.723. The fourth-order valence-electron chi connectivity index (χ4n) is 4.52. The van der Waals surface area contributed by atoms with E-state index in [0.29, 0.717) is 17.5 Å². The van der Waals surface area contributed by atoms with Gasteiger partial charge in [-0.05, 0) is 18.8 Å². The molecule has 3 nitrogen and oxygen atoms in total. The van der Waals surface area contributed by atoms with Gasteiger partial charge in [-0.2, -0.15) is 0 Å². The van der Waals surface area contributed by atoms with Gasteiger partial charge in [-0.3, -0.25) is 14.4 Å². The molecule has 1 aliphatic rings. The van der Waals surface area contributed by atoms with Gasteiger partial charge >= 0.3 is 0 Å². The van der Waals surface area contributed by atoms with Gasteiger partial charge in [0.2, 0.25) is 0 Å². The van der Waals surface area contributed by atoms with Crippen LogP contribution in [-0.2, 0) is 4.79 Å². The Morgan fingerprint density at radius 3 is 1.87 bits per heavy atom. The maximum Gasteiger partial charge on any atom is 0.173 e. The third kappa shape index (κ3) is 6.22. The quantitative estimate of drug-likeness (QED) is 0.424. The lowest BCUT2D eigenvalue weighted by atomic mass is 9.75. The predicted molar refractivity (Wildman–Crippen MR) is 120 cm³/mol. The molecule has 0 radical (unpaired) electrons. The highest BCUT2D eigenvalue weighted by atomic mass is 16.2. The molecule has 0 aliphatic heterocycles. The van der Waals surface area contributed by atoms with E-state index >= 15 is 0 Å². The van der Waals surface area contributed by atoms with Crippen LogP contribution in [0, 0.1) is 11.8 Å². The van der Waals surface area contributed by atoms with E-state index in [4.69, 9.17) is 0 Å². The Hall–Kier alpha value is -2.55. The van der Waals surface area contributed by atoms with Crippen molar-refractivity contribution < 1.29 is 14.4 Å². The summed E-state index contributed by atoms with van der Waals surface area (Å²) in [6, 6.07) is 18.3. The topological polar surface area (TPSA) is 51.2 Å². The second-order valence-electron chi connectivity index (χ2n) is 8.44. The standard InChI is InChI=1S/C27H32O3/c28-24-19-13-5-3-1-2-4-8-18-23(20-25(29)21-14-9-6-10-15-21)26(24)27(30)22-16-11-7-12-17-22/h6-7,9-12,14-17,23,26H,1-5,8,13,18-20H2. The van der Waals surface area contributed by atoms with Crippen molar-refractivity contribution in [1.29, 1.82) is 0 Å². The summed E-state index contributed by atoms with van der Waals surface area (Å²) in [6.45, 7) is 0. The van der Waals surface area contributed by atoms with Crippen molar-refractivity contribution >= 4 is 17.3 Å². The van der Waals surface area contributed by atoms with Crippen molar-refractivity contribution in [1.82, 2.24) is 0 Å². The highest BCUT2D eigenvalue weighted by Gasteiger charge is 2.35. The van der Waals surface area contributed by atoms with Gasteiger partial charge in [0, 0.05) is 24.0 Å². The van der Waals surface area contributed by atoms with Crippen LogP contribution in [0.2, 0.25) is 0 Å².